The Morgan fingerprint density at radius 3 is 2.62 bits per heavy atom. The molecule has 1 rings (SSSR count). The molecule has 2 N–H and O–H groups in total. The van der Waals surface area contributed by atoms with Crippen LogP contribution in [0.1, 0.15) is 13.8 Å². The van der Waals surface area contributed by atoms with Gasteiger partial charge in [0, 0.05) is 25.5 Å². The molecule has 0 saturated carbocycles. The van der Waals surface area contributed by atoms with E-state index in [4.69, 9.17) is 5.73 Å². The zero-order chi connectivity index (χ0) is 9.68. The molecule has 0 fully saturated rings. The van der Waals surface area contributed by atoms with E-state index in [0.717, 1.165) is 26.2 Å². The first-order valence-corrected chi connectivity index (χ1v) is 4.76. The van der Waals surface area contributed by atoms with Crippen LogP contribution in [0.3, 0.4) is 0 Å². The highest BCUT2D eigenvalue weighted by atomic mass is 15.2. The number of anilines is 1. The molecule has 1 aromatic rings. The topological polar surface area (TPSA) is 47.1 Å². The van der Waals surface area contributed by atoms with Gasteiger partial charge in [0.1, 0.15) is 0 Å². The second-order valence-corrected chi connectivity index (χ2v) is 3.01. The smallest absolute Gasteiger partial charge is 0.200 e. The average Bonchev–Trinajstić information content (AvgIpc) is 2.54. The predicted octanol–water partition coefficient (Wildman–Crippen LogP) is 0.807. The molecule has 0 aliphatic carbocycles. The normalized spacial score (nSPS) is 11.0. The first kappa shape index (κ1) is 10.1. The molecule has 0 saturated heterocycles. The largest absolute Gasteiger partial charge is 0.369 e. The van der Waals surface area contributed by atoms with Crippen LogP contribution in [-0.4, -0.2) is 34.1 Å². The highest BCUT2D eigenvalue weighted by Gasteiger charge is 2.00. The maximum Gasteiger partial charge on any atom is 0.200 e. The Morgan fingerprint density at radius 1 is 1.46 bits per heavy atom. The molecular formula is C9H18N4. The van der Waals surface area contributed by atoms with Crippen molar-refractivity contribution in [3.8, 4) is 0 Å². The van der Waals surface area contributed by atoms with Crippen molar-refractivity contribution in [1.29, 1.82) is 0 Å². The van der Waals surface area contributed by atoms with Crippen LogP contribution in [0.4, 0.5) is 5.95 Å². The molecule has 4 heteroatoms. The SMILES string of the molecule is CCN(CC)CCn1ccnc1N. The van der Waals surface area contributed by atoms with Crippen molar-refractivity contribution in [2.24, 2.45) is 0 Å². The Kier molecular flexibility index (Phi) is 3.76. The summed E-state index contributed by atoms with van der Waals surface area (Å²) in [6.45, 7) is 8.47. The van der Waals surface area contributed by atoms with Crippen molar-refractivity contribution in [1.82, 2.24) is 14.5 Å². The molecule has 0 unspecified atom stereocenters. The lowest BCUT2D eigenvalue weighted by Gasteiger charge is -2.18. The number of hydrogen-bond donors (Lipinski definition) is 1. The Hall–Kier alpha value is -1.03. The molecule has 0 aliphatic heterocycles. The number of nitrogen functional groups attached to an aromatic ring is 1. The van der Waals surface area contributed by atoms with Crippen LogP contribution >= 0.6 is 0 Å². The minimum atomic E-state index is 0.604. The van der Waals surface area contributed by atoms with Gasteiger partial charge in [-0.15, -0.1) is 0 Å². The van der Waals surface area contributed by atoms with E-state index in [1.165, 1.54) is 0 Å². The molecule has 0 amide bonds. The lowest BCUT2D eigenvalue weighted by Crippen LogP contribution is -2.27. The highest BCUT2D eigenvalue weighted by molar-refractivity contribution is 5.16. The fourth-order valence-corrected chi connectivity index (χ4v) is 1.32. The molecule has 0 bridgehead atoms. The Balaban J connectivity index is 2.38. The Labute approximate surface area is 79.4 Å². The van der Waals surface area contributed by atoms with Gasteiger partial charge in [-0.3, -0.25) is 0 Å². The summed E-state index contributed by atoms with van der Waals surface area (Å²) in [4.78, 5) is 6.33. The molecule has 0 spiro atoms. The Morgan fingerprint density at radius 2 is 2.15 bits per heavy atom. The van der Waals surface area contributed by atoms with Gasteiger partial charge in [-0.2, -0.15) is 0 Å². The number of hydrogen-bond acceptors (Lipinski definition) is 3. The number of nitrogens with zero attached hydrogens (tertiary/aromatic N) is 3. The standard InChI is InChI=1S/C9H18N4/c1-3-12(4-2)7-8-13-6-5-11-9(13)10/h5-6H,3-4,7-8H2,1-2H3,(H2,10,11). The van der Waals surface area contributed by atoms with Gasteiger partial charge in [0.25, 0.3) is 0 Å². The van der Waals surface area contributed by atoms with E-state index in [9.17, 15) is 0 Å². The summed E-state index contributed by atoms with van der Waals surface area (Å²) in [5.74, 6) is 0.604. The maximum atomic E-state index is 5.64. The molecule has 1 aromatic heterocycles. The van der Waals surface area contributed by atoms with Crippen LogP contribution in [0.25, 0.3) is 0 Å². The number of rotatable bonds is 5. The third-order valence-corrected chi connectivity index (χ3v) is 2.30. The third kappa shape index (κ3) is 2.73. The van der Waals surface area contributed by atoms with E-state index in [0.29, 0.717) is 5.95 Å². The van der Waals surface area contributed by atoms with Crippen LogP contribution in [0.2, 0.25) is 0 Å². The molecule has 0 atom stereocenters. The van der Waals surface area contributed by atoms with Crippen molar-refractivity contribution in [3.63, 3.8) is 0 Å². The van der Waals surface area contributed by atoms with E-state index < -0.39 is 0 Å². The van der Waals surface area contributed by atoms with Gasteiger partial charge in [-0.25, -0.2) is 4.98 Å². The van der Waals surface area contributed by atoms with Crippen LogP contribution in [0.5, 0.6) is 0 Å². The van der Waals surface area contributed by atoms with Crippen molar-refractivity contribution >= 4 is 5.95 Å². The Bertz CT molecular complexity index is 240. The number of imidazole rings is 1. The molecule has 74 valence electrons. The summed E-state index contributed by atoms with van der Waals surface area (Å²) in [6, 6.07) is 0. The van der Waals surface area contributed by atoms with Gasteiger partial charge in [0.15, 0.2) is 5.95 Å². The van der Waals surface area contributed by atoms with Gasteiger partial charge in [0.2, 0.25) is 0 Å². The van der Waals surface area contributed by atoms with Crippen molar-refractivity contribution in [2.75, 3.05) is 25.4 Å². The van der Waals surface area contributed by atoms with Crippen LogP contribution in [-0.2, 0) is 6.54 Å². The summed E-state index contributed by atoms with van der Waals surface area (Å²) in [6.07, 6.45) is 3.65. The number of aromatic nitrogens is 2. The minimum absolute atomic E-state index is 0.604. The summed E-state index contributed by atoms with van der Waals surface area (Å²) < 4.78 is 1.97. The van der Waals surface area contributed by atoms with Crippen LogP contribution in [0.15, 0.2) is 12.4 Å². The first-order valence-electron chi connectivity index (χ1n) is 4.76. The first-order chi connectivity index (χ1) is 6.27. The third-order valence-electron chi connectivity index (χ3n) is 2.30. The van der Waals surface area contributed by atoms with E-state index in [1.54, 1.807) is 6.20 Å². The van der Waals surface area contributed by atoms with Crippen molar-refractivity contribution < 1.29 is 0 Å². The number of nitrogens with two attached hydrogens (primary N) is 1. The zero-order valence-corrected chi connectivity index (χ0v) is 8.40. The van der Waals surface area contributed by atoms with Gasteiger partial charge >= 0.3 is 0 Å². The summed E-state index contributed by atoms with van der Waals surface area (Å²) in [7, 11) is 0. The van der Waals surface area contributed by atoms with E-state index in [-0.39, 0.29) is 0 Å². The van der Waals surface area contributed by atoms with Crippen LogP contribution in [0, 0.1) is 0 Å². The highest BCUT2D eigenvalue weighted by Crippen LogP contribution is 1.98. The molecule has 13 heavy (non-hydrogen) atoms. The minimum Gasteiger partial charge on any atom is -0.369 e. The second-order valence-electron chi connectivity index (χ2n) is 3.01. The van der Waals surface area contributed by atoms with Gasteiger partial charge in [-0.05, 0) is 13.1 Å². The molecule has 0 aliphatic rings. The van der Waals surface area contributed by atoms with Gasteiger partial charge in [0.05, 0.1) is 0 Å². The predicted molar refractivity (Wildman–Crippen MR) is 54.4 cm³/mol. The molecular weight excluding hydrogens is 164 g/mol. The molecule has 4 nitrogen and oxygen atoms in total. The fraction of sp³-hybridized carbons (Fsp3) is 0.667. The zero-order valence-electron chi connectivity index (χ0n) is 8.40. The van der Waals surface area contributed by atoms with Crippen LogP contribution < -0.4 is 5.73 Å². The maximum absolute atomic E-state index is 5.64. The van der Waals surface area contributed by atoms with E-state index in [2.05, 4.69) is 23.7 Å². The number of likely N-dealkylation sites (N-methyl/N-ethyl adjacent to an activating group) is 1. The second kappa shape index (κ2) is 4.87. The van der Waals surface area contributed by atoms with Crippen molar-refractivity contribution in [3.05, 3.63) is 12.4 Å². The summed E-state index contributed by atoms with van der Waals surface area (Å²) in [5.41, 5.74) is 5.64. The summed E-state index contributed by atoms with van der Waals surface area (Å²) in [5, 5.41) is 0. The average molecular weight is 182 g/mol. The quantitative estimate of drug-likeness (QED) is 0.733. The van der Waals surface area contributed by atoms with E-state index >= 15 is 0 Å². The van der Waals surface area contributed by atoms with Gasteiger partial charge in [-0.1, -0.05) is 13.8 Å². The molecule has 1 heterocycles. The van der Waals surface area contributed by atoms with Crippen molar-refractivity contribution in [2.45, 2.75) is 20.4 Å². The summed E-state index contributed by atoms with van der Waals surface area (Å²) >= 11 is 0. The molecule has 0 aromatic carbocycles. The lowest BCUT2D eigenvalue weighted by molar-refractivity contribution is 0.291. The van der Waals surface area contributed by atoms with E-state index in [1.807, 2.05) is 10.8 Å². The molecule has 0 radical (unpaired) electrons. The lowest BCUT2D eigenvalue weighted by atomic mass is 10.4. The fourth-order valence-electron chi connectivity index (χ4n) is 1.32. The van der Waals surface area contributed by atoms with Gasteiger partial charge < -0.3 is 15.2 Å². The monoisotopic (exact) mass is 182 g/mol.